The van der Waals surface area contributed by atoms with E-state index in [4.69, 9.17) is 9.47 Å². The van der Waals surface area contributed by atoms with Crippen molar-refractivity contribution in [3.8, 4) is 11.5 Å². The third-order valence-corrected chi connectivity index (χ3v) is 7.32. The molecule has 0 saturated carbocycles. The van der Waals surface area contributed by atoms with E-state index in [0.717, 1.165) is 33.4 Å². The van der Waals surface area contributed by atoms with E-state index in [1.165, 1.54) is 0 Å². The van der Waals surface area contributed by atoms with Crippen LogP contribution in [0.15, 0.2) is 70.0 Å². The largest absolute Gasteiger partial charge is 0.490 e. The van der Waals surface area contributed by atoms with Crippen LogP contribution in [0.2, 0.25) is 0 Å². The third-order valence-electron chi connectivity index (χ3n) is 5.82. The minimum Gasteiger partial charge on any atom is -0.490 e. The van der Waals surface area contributed by atoms with Crippen molar-refractivity contribution in [3.05, 3.63) is 92.3 Å². The molecule has 1 aliphatic heterocycles. The van der Waals surface area contributed by atoms with E-state index >= 15 is 0 Å². The molecule has 0 bridgehead atoms. The highest BCUT2D eigenvalue weighted by Crippen LogP contribution is 2.39. The van der Waals surface area contributed by atoms with Crippen LogP contribution in [0.1, 0.15) is 29.2 Å². The van der Waals surface area contributed by atoms with Gasteiger partial charge in [-0.15, -0.1) is 0 Å². The van der Waals surface area contributed by atoms with Gasteiger partial charge in [-0.3, -0.25) is 19.3 Å². The molecule has 7 nitrogen and oxygen atoms in total. The number of amides is 3. The van der Waals surface area contributed by atoms with Gasteiger partial charge in [0.25, 0.3) is 11.1 Å². The van der Waals surface area contributed by atoms with Gasteiger partial charge in [0.15, 0.2) is 11.5 Å². The fraction of sp³-hybridized carbons (Fsp3) is 0.207. The van der Waals surface area contributed by atoms with E-state index in [1.54, 1.807) is 24.3 Å². The van der Waals surface area contributed by atoms with E-state index < -0.39 is 17.1 Å². The Balaban J connectivity index is 1.48. The molecule has 3 aromatic rings. The highest BCUT2D eigenvalue weighted by Gasteiger charge is 2.36. The number of nitrogens with one attached hydrogen (secondary N) is 1. The smallest absolute Gasteiger partial charge is 0.294 e. The van der Waals surface area contributed by atoms with Gasteiger partial charge in [-0.05, 0) is 101 Å². The zero-order chi connectivity index (χ0) is 27.2. The van der Waals surface area contributed by atoms with Crippen LogP contribution in [-0.2, 0) is 16.2 Å². The van der Waals surface area contributed by atoms with Gasteiger partial charge in [-0.2, -0.15) is 0 Å². The first kappa shape index (κ1) is 27.5. The average molecular weight is 596 g/mol. The average Bonchev–Trinajstić information content (AvgIpc) is 3.13. The van der Waals surface area contributed by atoms with Gasteiger partial charge < -0.3 is 14.8 Å². The molecular formula is C29H27BrN2O5S. The van der Waals surface area contributed by atoms with Crippen molar-refractivity contribution >= 4 is 56.5 Å². The summed E-state index contributed by atoms with van der Waals surface area (Å²) in [5, 5.41) is 2.25. The van der Waals surface area contributed by atoms with Crippen LogP contribution in [0.25, 0.3) is 6.08 Å². The maximum absolute atomic E-state index is 13.0. The number of anilines is 1. The molecule has 3 amide bonds. The Bertz CT molecular complexity index is 1410. The van der Waals surface area contributed by atoms with E-state index in [1.807, 2.05) is 63.2 Å². The van der Waals surface area contributed by atoms with Crippen molar-refractivity contribution in [1.82, 2.24) is 4.90 Å². The molecule has 1 fully saturated rings. The van der Waals surface area contributed by atoms with Gasteiger partial charge in [0.2, 0.25) is 5.91 Å². The summed E-state index contributed by atoms with van der Waals surface area (Å²) in [5.41, 5.74) is 4.42. The van der Waals surface area contributed by atoms with Crippen LogP contribution < -0.4 is 14.8 Å². The van der Waals surface area contributed by atoms with Crippen LogP contribution in [0.4, 0.5) is 10.5 Å². The summed E-state index contributed by atoms with van der Waals surface area (Å²) in [7, 11) is 0. The lowest BCUT2D eigenvalue weighted by atomic mass is 10.1. The zero-order valence-corrected chi connectivity index (χ0v) is 23.6. The monoisotopic (exact) mass is 594 g/mol. The molecule has 1 saturated heterocycles. The van der Waals surface area contributed by atoms with Crippen molar-refractivity contribution in [2.45, 2.75) is 27.4 Å². The lowest BCUT2D eigenvalue weighted by molar-refractivity contribution is -0.127. The normalized spacial score (nSPS) is 14.2. The van der Waals surface area contributed by atoms with Gasteiger partial charge in [0.05, 0.1) is 16.0 Å². The number of halogens is 1. The number of hydrogen-bond donors (Lipinski definition) is 1. The molecule has 1 N–H and O–H groups in total. The van der Waals surface area contributed by atoms with Gasteiger partial charge >= 0.3 is 0 Å². The lowest BCUT2D eigenvalue weighted by Gasteiger charge is -2.15. The molecule has 0 aromatic heterocycles. The van der Waals surface area contributed by atoms with Crippen LogP contribution in [0.5, 0.6) is 11.5 Å². The first-order chi connectivity index (χ1) is 18.2. The fourth-order valence-corrected chi connectivity index (χ4v) is 5.17. The summed E-state index contributed by atoms with van der Waals surface area (Å²) < 4.78 is 12.5. The van der Waals surface area contributed by atoms with Crippen LogP contribution in [-0.4, -0.2) is 35.1 Å². The second-order valence-corrected chi connectivity index (χ2v) is 10.5. The minimum absolute atomic E-state index is 0.223. The lowest BCUT2D eigenvalue weighted by Crippen LogP contribution is -2.36. The number of ether oxygens (including phenoxy) is 2. The molecule has 3 aromatic carbocycles. The van der Waals surface area contributed by atoms with Gasteiger partial charge in [0, 0.05) is 5.69 Å². The quantitative estimate of drug-likeness (QED) is 0.277. The number of nitrogens with zero attached hydrogens (tertiary/aromatic N) is 1. The minimum atomic E-state index is -0.520. The van der Waals surface area contributed by atoms with Crippen molar-refractivity contribution in [3.63, 3.8) is 0 Å². The fourth-order valence-electron chi connectivity index (χ4n) is 3.75. The Morgan fingerprint density at radius 1 is 1.03 bits per heavy atom. The van der Waals surface area contributed by atoms with Crippen LogP contribution in [0, 0.1) is 13.8 Å². The maximum Gasteiger partial charge on any atom is 0.294 e. The van der Waals surface area contributed by atoms with Crippen molar-refractivity contribution in [1.29, 1.82) is 0 Å². The zero-order valence-electron chi connectivity index (χ0n) is 21.2. The van der Waals surface area contributed by atoms with E-state index in [2.05, 4.69) is 21.2 Å². The van der Waals surface area contributed by atoms with Crippen molar-refractivity contribution < 1.29 is 23.9 Å². The summed E-state index contributed by atoms with van der Waals surface area (Å²) in [4.78, 5) is 39.3. The number of aryl methyl sites for hydroxylation is 2. The molecule has 0 unspecified atom stereocenters. The number of carbonyl (C=O) groups excluding carboxylic acids is 3. The molecule has 196 valence electrons. The topological polar surface area (TPSA) is 84.9 Å². The molecular weight excluding hydrogens is 568 g/mol. The molecule has 4 rings (SSSR count). The second kappa shape index (κ2) is 12.3. The summed E-state index contributed by atoms with van der Waals surface area (Å²) in [6.07, 6.45) is 1.61. The Hall–Kier alpha value is -3.56. The van der Waals surface area contributed by atoms with Crippen LogP contribution in [0.3, 0.4) is 0 Å². The van der Waals surface area contributed by atoms with E-state index in [9.17, 15) is 14.4 Å². The van der Waals surface area contributed by atoms with E-state index in [-0.39, 0.29) is 11.4 Å². The standard InChI is InChI=1S/C29H27BrN2O5S/c1-4-36-24-14-21(13-23(30)27(24)37-17-20-8-6-5-7-9-20)15-25-28(34)32(29(35)38-25)16-26(33)31-22-11-10-18(2)19(3)12-22/h5-15H,4,16-17H2,1-3H3,(H,31,33)/b25-15+. The van der Waals surface area contributed by atoms with E-state index in [0.29, 0.717) is 40.4 Å². The summed E-state index contributed by atoms with van der Waals surface area (Å²) >= 11 is 4.34. The number of rotatable bonds is 9. The van der Waals surface area contributed by atoms with Gasteiger partial charge in [-0.1, -0.05) is 36.4 Å². The SMILES string of the molecule is CCOc1cc(/C=C2/SC(=O)N(CC(=O)Nc3ccc(C)c(C)c3)C2=O)cc(Br)c1OCc1ccccc1. The molecule has 0 radical (unpaired) electrons. The number of carbonyl (C=O) groups is 3. The molecule has 0 aliphatic carbocycles. The molecule has 0 spiro atoms. The van der Waals surface area contributed by atoms with Crippen molar-refractivity contribution in [2.24, 2.45) is 0 Å². The second-order valence-electron chi connectivity index (χ2n) is 8.65. The number of benzene rings is 3. The molecule has 0 atom stereocenters. The Kier molecular flexibility index (Phi) is 8.91. The first-order valence-corrected chi connectivity index (χ1v) is 13.6. The summed E-state index contributed by atoms with van der Waals surface area (Å²) in [6.45, 7) is 6.22. The molecule has 38 heavy (non-hydrogen) atoms. The third kappa shape index (κ3) is 6.65. The van der Waals surface area contributed by atoms with Crippen molar-refractivity contribution in [2.75, 3.05) is 18.5 Å². The Morgan fingerprint density at radius 2 is 1.79 bits per heavy atom. The predicted molar refractivity (Wildman–Crippen MR) is 153 cm³/mol. The summed E-state index contributed by atoms with van der Waals surface area (Å²) in [5.74, 6) is 0.0897. The summed E-state index contributed by atoms with van der Waals surface area (Å²) in [6, 6.07) is 18.9. The first-order valence-electron chi connectivity index (χ1n) is 12.0. The number of hydrogen-bond acceptors (Lipinski definition) is 6. The van der Waals surface area contributed by atoms with Crippen LogP contribution >= 0.6 is 27.7 Å². The molecule has 1 heterocycles. The highest BCUT2D eigenvalue weighted by molar-refractivity contribution is 9.10. The van der Waals surface area contributed by atoms with Gasteiger partial charge in [0.1, 0.15) is 13.2 Å². The number of thioether (sulfide) groups is 1. The Morgan fingerprint density at radius 3 is 2.50 bits per heavy atom. The van der Waals surface area contributed by atoms with Gasteiger partial charge in [-0.25, -0.2) is 0 Å². The number of imide groups is 1. The predicted octanol–water partition coefficient (Wildman–Crippen LogP) is 6.72. The molecule has 9 heteroatoms. The molecule has 1 aliphatic rings. The maximum atomic E-state index is 13.0. The Labute approximate surface area is 234 Å². The highest BCUT2D eigenvalue weighted by atomic mass is 79.9.